The van der Waals surface area contributed by atoms with E-state index in [9.17, 15) is 9.59 Å². The van der Waals surface area contributed by atoms with Crippen LogP contribution in [0.15, 0.2) is 10.4 Å². The molecule has 3 amide bonds. The summed E-state index contributed by atoms with van der Waals surface area (Å²) in [4.78, 5) is 35.0. The van der Waals surface area contributed by atoms with Gasteiger partial charge in [-0.3, -0.25) is 10.1 Å². The predicted octanol–water partition coefficient (Wildman–Crippen LogP) is 1.23. The van der Waals surface area contributed by atoms with Crippen molar-refractivity contribution in [2.45, 2.75) is 45.7 Å². The Hall–Kier alpha value is -2.16. The molecule has 0 radical (unpaired) electrons. The molecule has 0 bridgehead atoms. The molecular formula is C17H26N6O2S. The van der Waals surface area contributed by atoms with Gasteiger partial charge in [0.1, 0.15) is 10.5 Å². The van der Waals surface area contributed by atoms with Crippen molar-refractivity contribution < 1.29 is 9.59 Å². The number of guanidine groups is 1. The van der Waals surface area contributed by atoms with Gasteiger partial charge < -0.3 is 15.5 Å². The molecule has 1 unspecified atom stereocenters. The van der Waals surface area contributed by atoms with Crippen molar-refractivity contribution in [2.24, 2.45) is 10.9 Å². The number of likely N-dealkylation sites (tertiary alicyclic amines) is 1. The third-order valence-corrected chi connectivity index (χ3v) is 6.00. The van der Waals surface area contributed by atoms with Crippen LogP contribution in [0, 0.1) is 12.8 Å². The Kier molecular flexibility index (Phi) is 5.45. The van der Waals surface area contributed by atoms with Crippen LogP contribution < -0.4 is 16.0 Å². The number of thiazole rings is 1. The molecule has 2 aliphatic heterocycles. The van der Waals surface area contributed by atoms with Gasteiger partial charge in [-0.25, -0.2) is 14.8 Å². The molecule has 1 aromatic rings. The number of hydrogen-bond donors (Lipinski definition) is 3. The highest BCUT2D eigenvalue weighted by molar-refractivity contribution is 7.09. The fourth-order valence-electron chi connectivity index (χ4n) is 3.56. The van der Waals surface area contributed by atoms with Gasteiger partial charge in [0.25, 0.3) is 5.91 Å². The van der Waals surface area contributed by atoms with E-state index in [1.165, 1.54) is 0 Å². The molecule has 9 heteroatoms. The Morgan fingerprint density at radius 2 is 2.19 bits per heavy atom. The van der Waals surface area contributed by atoms with Crippen LogP contribution in [0.2, 0.25) is 0 Å². The van der Waals surface area contributed by atoms with Crippen LogP contribution in [0.5, 0.6) is 0 Å². The molecule has 26 heavy (non-hydrogen) atoms. The summed E-state index contributed by atoms with van der Waals surface area (Å²) in [5.74, 6) is 0.777. The Morgan fingerprint density at radius 1 is 1.46 bits per heavy atom. The first-order chi connectivity index (χ1) is 12.4. The van der Waals surface area contributed by atoms with E-state index in [2.05, 4.69) is 32.8 Å². The first kappa shape index (κ1) is 18.6. The molecule has 3 heterocycles. The minimum Gasteiger partial charge on any atom is -0.357 e. The summed E-state index contributed by atoms with van der Waals surface area (Å²) in [5, 5.41) is 11.5. The van der Waals surface area contributed by atoms with E-state index in [0.717, 1.165) is 49.1 Å². The smallest absolute Gasteiger partial charge is 0.322 e. The molecular weight excluding hydrogens is 352 g/mol. The molecule has 8 nitrogen and oxygen atoms in total. The van der Waals surface area contributed by atoms with Gasteiger partial charge in [-0.1, -0.05) is 0 Å². The van der Waals surface area contributed by atoms with Crippen molar-refractivity contribution in [3.05, 3.63) is 16.1 Å². The molecule has 0 spiro atoms. The van der Waals surface area contributed by atoms with E-state index in [1.54, 1.807) is 11.3 Å². The average molecular weight is 379 g/mol. The number of carbonyl (C=O) groups is 2. The Bertz CT molecular complexity index is 710. The zero-order valence-corrected chi connectivity index (χ0v) is 16.3. The van der Waals surface area contributed by atoms with E-state index in [4.69, 9.17) is 4.99 Å². The fraction of sp³-hybridized carbons (Fsp3) is 0.647. The summed E-state index contributed by atoms with van der Waals surface area (Å²) >= 11 is 1.62. The van der Waals surface area contributed by atoms with Crippen LogP contribution in [0.3, 0.4) is 0 Å². The lowest BCUT2D eigenvalue weighted by Crippen LogP contribution is -2.55. The van der Waals surface area contributed by atoms with Crippen LogP contribution in [0.4, 0.5) is 4.79 Å². The normalized spacial score (nSPS) is 24.6. The van der Waals surface area contributed by atoms with Gasteiger partial charge in [0.15, 0.2) is 5.96 Å². The molecule has 3 N–H and O–H groups in total. The maximum Gasteiger partial charge on any atom is 0.322 e. The molecule has 2 fully saturated rings. The fourth-order valence-corrected chi connectivity index (χ4v) is 4.25. The zero-order valence-electron chi connectivity index (χ0n) is 15.5. The highest BCUT2D eigenvalue weighted by Crippen LogP contribution is 2.30. The van der Waals surface area contributed by atoms with Crippen LogP contribution in [-0.4, -0.2) is 53.0 Å². The number of piperidine rings is 1. The van der Waals surface area contributed by atoms with Crippen molar-refractivity contribution in [1.82, 2.24) is 25.8 Å². The minimum absolute atomic E-state index is 0.120. The van der Waals surface area contributed by atoms with Crippen molar-refractivity contribution in [3.63, 3.8) is 0 Å². The molecule has 2 saturated heterocycles. The summed E-state index contributed by atoms with van der Waals surface area (Å²) in [6.45, 7) is 8.81. The highest BCUT2D eigenvalue weighted by atomic mass is 32.1. The molecule has 3 rings (SSSR count). The number of aromatic nitrogens is 1. The number of carbonyl (C=O) groups excluding carboxylic acids is 2. The van der Waals surface area contributed by atoms with Gasteiger partial charge in [0, 0.05) is 30.7 Å². The quantitative estimate of drug-likeness (QED) is 0.416. The summed E-state index contributed by atoms with van der Waals surface area (Å²) in [7, 11) is 0. The second-order valence-corrected chi connectivity index (χ2v) is 7.87. The standard InChI is InChI=1S/C17H26N6O2S/c1-4-18-15(19-9-13-20-11(2)10-26-13)23-7-5-12(6-8-23)17(3)14(24)21-16(25)22-17/h10,12H,4-9H2,1-3H3,(H,18,19)(H2,21,22,24,25). The van der Waals surface area contributed by atoms with Crippen LogP contribution in [-0.2, 0) is 11.3 Å². The Labute approximate surface area is 157 Å². The molecule has 0 aliphatic carbocycles. The number of rotatable bonds is 4. The maximum absolute atomic E-state index is 12.1. The number of nitrogens with zero attached hydrogens (tertiary/aromatic N) is 3. The topological polar surface area (TPSA) is 98.7 Å². The largest absolute Gasteiger partial charge is 0.357 e. The van der Waals surface area contributed by atoms with Crippen LogP contribution in [0.25, 0.3) is 0 Å². The zero-order chi connectivity index (χ0) is 18.7. The van der Waals surface area contributed by atoms with E-state index in [-0.39, 0.29) is 11.8 Å². The number of aryl methyl sites for hydroxylation is 1. The van der Waals surface area contributed by atoms with E-state index in [0.29, 0.717) is 6.54 Å². The van der Waals surface area contributed by atoms with E-state index < -0.39 is 11.6 Å². The Morgan fingerprint density at radius 3 is 2.73 bits per heavy atom. The molecule has 142 valence electrons. The summed E-state index contributed by atoms with van der Waals surface area (Å²) in [5.41, 5.74) is 0.216. The molecule has 0 saturated carbocycles. The van der Waals surface area contributed by atoms with Gasteiger partial charge in [0.05, 0.1) is 6.54 Å². The molecule has 0 aromatic carbocycles. The van der Waals surface area contributed by atoms with Crippen LogP contribution in [0.1, 0.15) is 37.4 Å². The van der Waals surface area contributed by atoms with Crippen molar-refractivity contribution in [3.8, 4) is 0 Å². The second-order valence-electron chi connectivity index (χ2n) is 6.92. The van der Waals surface area contributed by atoms with E-state index >= 15 is 0 Å². The number of aliphatic imine (C=N–C) groups is 1. The lowest BCUT2D eigenvalue weighted by atomic mass is 9.79. The van der Waals surface area contributed by atoms with Crippen LogP contribution >= 0.6 is 11.3 Å². The maximum atomic E-state index is 12.1. The number of amides is 3. The van der Waals surface area contributed by atoms with Gasteiger partial charge in [-0.05, 0) is 39.5 Å². The number of imide groups is 1. The molecule has 1 aromatic heterocycles. The first-order valence-corrected chi connectivity index (χ1v) is 9.88. The minimum atomic E-state index is -0.808. The van der Waals surface area contributed by atoms with Gasteiger partial charge in [-0.2, -0.15) is 0 Å². The van der Waals surface area contributed by atoms with Crippen molar-refractivity contribution in [2.75, 3.05) is 19.6 Å². The number of nitrogens with one attached hydrogen (secondary N) is 3. The van der Waals surface area contributed by atoms with Gasteiger partial charge >= 0.3 is 6.03 Å². The lowest BCUT2D eigenvalue weighted by Gasteiger charge is -2.39. The third kappa shape index (κ3) is 3.82. The van der Waals surface area contributed by atoms with Crippen molar-refractivity contribution in [1.29, 1.82) is 0 Å². The molecule has 1 atom stereocenters. The SMILES string of the molecule is CCNC(=NCc1nc(C)cs1)N1CCC(C2(C)NC(=O)NC2=O)CC1. The first-order valence-electron chi connectivity index (χ1n) is 9.00. The third-order valence-electron chi connectivity index (χ3n) is 5.05. The Balaban J connectivity index is 1.62. The summed E-state index contributed by atoms with van der Waals surface area (Å²) < 4.78 is 0. The monoisotopic (exact) mass is 378 g/mol. The summed E-state index contributed by atoms with van der Waals surface area (Å²) in [6.07, 6.45) is 1.65. The molecule has 2 aliphatic rings. The van der Waals surface area contributed by atoms with Gasteiger partial charge in [-0.15, -0.1) is 11.3 Å². The number of hydrogen-bond acceptors (Lipinski definition) is 5. The van der Waals surface area contributed by atoms with Gasteiger partial charge in [0.2, 0.25) is 0 Å². The number of urea groups is 1. The summed E-state index contributed by atoms with van der Waals surface area (Å²) in [6, 6.07) is -0.395. The lowest BCUT2D eigenvalue weighted by molar-refractivity contribution is -0.125. The van der Waals surface area contributed by atoms with E-state index in [1.807, 2.05) is 19.2 Å². The second kappa shape index (κ2) is 7.61. The predicted molar refractivity (Wildman–Crippen MR) is 101 cm³/mol. The highest BCUT2D eigenvalue weighted by Gasteiger charge is 2.48. The van der Waals surface area contributed by atoms with Crippen molar-refractivity contribution >= 4 is 29.2 Å². The average Bonchev–Trinajstić information content (AvgIpc) is 3.14.